The summed E-state index contributed by atoms with van der Waals surface area (Å²) in [5.74, 6) is -5.25. The molecule has 1 aliphatic rings. The van der Waals surface area contributed by atoms with Crippen LogP contribution in [0.15, 0.2) is 35.2 Å². The first kappa shape index (κ1) is 18.2. The van der Waals surface area contributed by atoms with Crippen LogP contribution < -0.4 is 10.1 Å². The van der Waals surface area contributed by atoms with Gasteiger partial charge in [-0.05, 0) is 24.3 Å². The van der Waals surface area contributed by atoms with Crippen molar-refractivity contribution in [3.8, 4) is 5.75 Å². The van der Waals surface area contributed by atoms with Crippen LogP contribution in [-0.4, -0.2) is 26.7 Å². The minimum atomic E-state index is -3.77. The monoisotopic (exact) mass is 385 g/mol. The SMILES string of the molecule is CC1COc2c(ccc(F)c2C(=O)Nc2ccc(F)c(F)c2)S(=O)(=O)C1. The minimum absolute atomic E-state index is 0.0128. The van der Waals surface area contributed by atoms with Gasteiger partial charge in [0.05, 0.1) is 12.4 Å². The molecule has 1 aliphatic heterocycles. The van der Waals surface area contributed by atoms with Gasteiger partial charge in [-0.25, -0.2) is 21.6 Å². The van der Waals surface area contributed by atoms with Gasteiger partial charge < -0.3 is 10.1 Å². The lowest BCUT2D eigenvalue weighted by Crippen LogP contribution is -2.17. The summed E-state index contributed by atoms with van der Waals surface area (Å²) in [6.07, 6.45) is 0. The first-order valence-corrected chi connectivity index (χ1v) is 9.28. The molecule has 0 radical (unpaired) electrons. The number of halogens is 3. The molecule has 138 valence electrons. The van der Waals surface area contributed by atoms with Crippen molar-refractivity contribution in [1.29, 1.82) is 0 Å². The average molecular weight is 385 g/mol. The third-order valence-corrected chi connectivity index (χ3v) is 5.83. The quantitative estimate of drug-likeness (QED) is 0.806. The predicted molar refractivity (Wildman–Crippen MR) is 87.4 cm³/mol. The van der Waals surface area contributed by atoms with E-state index in [1.165, 1.54) is 0 Å². The Kier molecular flexibility index (Phi) is 4.66. The van der Waals surface area contributed by atoms with Crippen LogP contribution in [0, 0.1) is 23.4 Å². The molecular formula is C17H14F3NO4S. The summed E-state index contributed by atoms with van der Waals surface area (Å²) in [6, 6.07) is 4.53. The lowest BCUT2D eigenvalue weighted by molar-refractivity contribution is 0.101. The highest BCUT2D eigenvalue weighted by Crippen LogP contribution is 2.35. The number of anilines is 1. The molecular weight excluding hydrogens is 371 g/mol. The molecule has 5 nitrogen and oxygen atoms in total. The number of hydrogen-bond donors (Lipinski definition) is 1. The number of carbonyl (C=O) groups excluding carboxylic acids is 1. The smallest absolute Gasteiger partial charge is 0.262 e. The van der Waals surface area contributed by atoms with Crippen LogP contribution in [0.25, 0.3) is 0 Å². The topological polar surface area (TPSA) is 72.5 Å². The van der Waals surface area contributed by atoms with Crippen LogP contribution >= 0.6 is 0 Å². The zero-order valence-electron chi connectivity index (χ0n) is 13.6. The van der Waals surface area contributed by atoms with Crippen molar-refractivity contribution in [2.24, 2.45) is 5.92 Å². The zero-order chi connectivity index (χ0) is 19.1. The average Bonchev–Trinajstić information content (AvgIpc) is 2.66. The van der Waals surface area contributed by atoms with Gasteiger partial charge in [0.2, 0.25) is 0 Å². The Hall–Kier alpha value is -2.55. The van der Waals surface area contributed by atoms with Gasteiger partial charge in [0.25, 0.3) is 5.91 Å². The molecule has 26 heavy (non-hydrogen) atoms. The predicted octanol–water partition coefficient (Wildman–Crippen LogP) is 3.16. The molecule has 0 bridgehead atoms. The van der Waals surface area contributed by atoms with Crippen LogP contribution in [-0.2, 0) is 9.84 Å². The van der Waals surface area contributed by atoms with Gasteiger partial charge in [-0.1, -0.05) is 6.92 Å². The first-order valence-electron chi connectivity index (χ1n) is 7.63. The number of hydrogen-bond acceptors (Lipinski definition) is 4. The van der Waals surface area contributed by atoms with Gasteiger partial charge >= 0.3 is 0 Å². The second-order valence-electron chi connectivity index (χ2n) is 6.03. The van der Waals surface area contributed by atoms with E-state index in [1.807, 2.05) is 0 Å². The maximum Gasteiger partial charge on any atom is 0.262 e. The molecule has 2 aromatic rings. The van der Waals surface area contributed by atoms with E-state index >= 15 is 0 Å². The lowest BCUT2D eigenvalue weighted by Gasteiger charge is -2.14. The van der Waals surface area contributed by atoms with Crippen LogP contribution in [0.5, 0.6) is 5.75 Å². The largest absolute Gasteiger partial charge is 0.491 e. The van der Waals surface area contributed by atoms with Crippen LogP contribution in [0.4, 0.5) is 18.9 Å². The van der Waals surface area contributed by atoms with Gasteiger partial charge in [-0.2, -0.15) is 0 Å². The lowest BCUT2D eigenvalue weighted by atomic mass is 10.1. The molecule has 0 saturated heterocycles. The van der Waals surface area contributed by atoms with E-state index in [1.54, 1.807) is 6.92 Å². The van der Waals surface area contributed by atoms with Crippen molar-refractivity contribution >= 4 is 21.4 Å². The highest BCUT2D eigenvalue weighted by Gasteiger charge is 2.32. The zero-order valence-corrected chi connectivity index (χ0v) is 14.4. The number of sulfone groups is 1. The van der Waals surface area contributed by atoms with E-state index in [2.05, 4.69) is 5.32 Å². The van der Waals surface area contributed by atoms with Gasteiger partial charge in [0, 0.05) is 17.7 Å². The number of nitrogens with one attached hydrogen (secondary N) is 1. The fourth-order valence-corrected chi connectivity index (χ4v) is 4.39. The Morgan fingerprint density at radius 3 is 2.50 bits per heavy atom. The van der Waals surface area contributed by atoms with Crippen LogP contribution in [0.1, 0.15) is 17.3 Å². The van der Waals surface area contributed by atoms with Crippen LogP contribution in [0.2, 0.25) is 0 Å². The molecule has 0 aromatic heterocycles. The van der Waals surface area contributed by atoms with Crippen molar-refractivity contribution < 1.29 is 31.1 Å². The number of benzene rings is 2. The molecule has 9 heteroatoms. The third kappa shape index (κ3) is 3.39. The second-order valence-corrected chi connectivity index (χ2v) is 8.03. The summed E-state index contributed by atoms with van der Waals surface area (Å²) in [5, 5.41) is 2.22. The van der Waals surface area contributed by atoms with Gasteiger partial charge in [-0.3, -0.25) is 4.79 Å². The van der Waals surface area contributed by atoms with Crippen molar-refractivity contribution in [2.75, 3.05) is 17.7 Å². The maximum absolute atomic E-state index is 14.3. The Morgan fingerprint density at radius 1 is 1.12 bits per heavy atom. The van der Waals surface area contributed by atoms with E-state index in [-0.39, 0.29) is 34.6 Å². The highest BCUT2D eigenvalue weighted by atomic mass is 32.2. The number of ether oxygens (including phenoxy) is 1. The molecule has 1 atom stereocenters. The molecule has 1 heterocycles. The van der Waals surface area contributed by atoms with E-state index in [0.717, 1.165) is 30.3 Å². The molecule has 0 saturated carbocycles. The van der Waals surface area contributed by atoms with E-state index in [9.17, 15) is 26.4 Å². The fraction of sp³-hybridized carbons (Fsp3) is 0.235. The van der Waals surface area contributed by atoms with E-state index < -0.39 is 38.8 Å². The number of amides is 1. The third-order valence-electron chi connectivity index (χ3n) is 3.83. The second kappa shape index (κ2) is 6.64. The number of fused-ring (bicyclic) bond motifs is 1. The Labute approximate surface area is 147 Å². The summed E-state index contributed by atoms with van der Waals surface area (Å²) in [4.78, 5) is 12.2. The summed E-state index contributed by atoms with van der Waals surface area (Å²) < 4.78 is 70.8. The Morgan fingerprint density at radius 2 is 1.81 bits per heavy atom. The van der Waals surface area contributed by atoms with Gasteiger partial charge in [0.15, 0.2) is 27.2 Å². The highest BCUT2D eigenvalue weighted by molar-refractivity contribution is 7.91. The standard InChI is InChI=1S/C17H14F3NO4S/c1-9-7-25-16-14(26(23,24)8-9)5-4-12(19)15(16)17(22)21-10-2-3-11(18)13(20)6-10/h2-6,9H,7-8H2,1H3,(H,21,22). The maximum atomic E-state index is 14.3. The van der Waals surface area contributed by atoms with Crippen molar-refractivity contribution in [3.63, 3.8) is 0 Å². The van der Waals surface area contributed by atoms with Crippen molar-refractivity contribution in [2.45, 2.75) is 11.8 Å². The molecule has 1 unspecified atom stereocenters. The summed E-state index contributed by atoms with van der Waals surface area (Å²) >= 11 is 0. The fourth-order valence-electron chi connectivity index (χ4n) is 2.64. The van der Waals surface area contributed by atoms with E-state index in [4.69, 9.17) is 4.74 Å². The molecule has 0 fully saturated rings. The number of carbonyl (C=O) groups is 1. The van der Waals surface area contributed by atoms with Crippen LogP contribution in [0.3, 0.4) is 0 Å². The molecule has 1 N–H and O–H groups in total. The Balaban J connectivity index is 2.05. The van der Waals surface area contributed by atoms with Gasteiger partial charge in [0.1, 0.15) is 16.3 Å². The Bertz CT molecular complexity index is 992. The molecule has 0 spiro atoms. The van der Waals surface area contributed by atoms with Crippen molar-refractivity contribution in [3.05, 3.63) is 53.3 Å². The summed E-state index contributed by atoms with van der Waals surface area (Å²) in [6.45, 7) is 1.64. The summed E-state index contributed by atoms with van der Waals surface area (Å²) in [7, 11) is -3.77. The van der Waals surface area contributed by atoms with Gasteiger partial charge in [-0.15, -0.1) is 0 Å². The molecule has 0 aliphatic carbocycles. The molecule has 2 aromatic carbocycles. The van der Waals surface area contributed by atoms with E-state index in [0.29, 0.717) is 0 Å². The molecule has 1 amide bonds. The first-order chi connectivity index (χ1) is 12.2. The van der Waals surface area contributed by atoms with Crippen molar-refractivity contribution in [1.82, 2.24) is 0 Å². The minimum Gasteiger partial charge on any atom is -0.491 e. The summed E-state index contributed by atoms with van der Waals surface area (Å²) in [5.41, 5.74) is -0.722. The molecule has 3 rings (SSSR count). The normalized spacial score (nSPS) is 18.4. The number of rotatable bonds is 2.